The minimum atomic E-state index is -3.44. The molecular weight excluding hydrogens is 204 g/mol. The average Bonchev–Trinajstić information content (AvgIpc) is 2.34. The fourth-order valence-electron chi connectivity index (χ4n) is 0.661. The second-order valence-electron chi connectivity index (χ2n) is 2.13. The van der Waals surface area contributed by atoms with Crippen LogP contribution in [-0.2, 0) is 9.05 Å². The van der Waals surface area contributed by atoms with Crippen LogP contribution >= 0.6 is 22.0 Å². The molecule has 0 saturated heterocycles. The predicted molar refractivity (Wildman–Crippen MR) is 47.5 cm³/mol. The van der Waals surface area contributed by atoms with E-state index in [1.807, 2.05) is 5.38 Å². The molecule has 0 aliphatic carbocycles. The lowest BCUT2D eigenvalue weighted by atomic mass is 10.4. The Labute approximate surface area is 74.2 Å². The van der Waals surface area contributed by atoms with Gasteiger partial charge in [0.15, 0.2) is 0 Å². The smallest absolute Gasteiger partial charge is 0.212 e. The van der Waals surface area contributed by atoms with Crippen LogP contribution in [0.4, 0.5) is 0 Å². The molecule has 0 radical (unpaired) electrons. The molecule has 1 atom stereocenters. The van der Waals surface area contributed by atoms with Crippen LogP contribution in [0, 0.1) is 0 Å². The topological polar surface area (TPSA) is 34.1 Å². The van der Waals surface area contributed by atoms with Crippen molar-refractivity contribution >= 4 is 31.1 Å². The maximum atomic E-state index is 10.8. The Morgan fingerprint density at radius 1 is 1.64 bits per heavy atom. The van der Waals surface area contributed by atoms with Crippen LogP contribution in [0.15, 0.2) is 17.5 Å². The zero-order valence-corrected chi connectivity index (χ0v) is 8.21. The summed E-state index contributed by atoms with van der Waals surface area (Å²) in [6.07, 6.45) is 0. The van der Waals surface area contributed by atoms with E-state index in [4.69, 9.17) is 10.7 Å². The normalized spacial score (nSPS) is 14.7. The summed E-state index contributed by atoms with van der Waals surface area (Å²) in [5.74, 6) is 0. The van der Waals surface area contributed by atoms with Gasteiger partial charge in [-0.25, -0.2) is 8.42 Å². The molecule has 0 fully saturated rings. The Bertz CT molecular complexity index is 314. The molecule has 5 heteroatoms. The van der Waals surface area contributed by atoms with Gasteiger partial charge in [-0.3, -0.25) is 0 Å². The molecule has 0 N–H and O–H groups in total. The summed E-state index contributed by atoms with van der Waals surface area (Å²) in [5.41, 5.74) is 0. The molecule has 0 bridgehead atoms. The zero-order chi connectivity index (χ0) is 8.48. The van der Waals surface area contributed by atoms with Crippen molar-refractivity contribution in [3.63, 3.8) is 0 Å². The summed E-state index contributed by atoms with van der Waals surface area (Å²) in [6.45, 7) is 1.58. The van der Waals surface area contributed by atoms with Crippen molar-refractivity contribution in [1.29, 1.82) is 0 Å². The SMILES string of the molecule is CC(c1cccs1)S(=O)(=O)Cl. The van der Waals surface area contributed by atoms with Crippen LogP contribution in [-0.4, -0.2) is 8.42 Å². The van der Waals surface area contributed by atoms with Crippen molar-refractivity contribution < 1.29 is 8.42 Å². The molecule has 0 aliphatic rings. The highest BCUT2D eigenvalue weighted by molar-refractivity contribution is 8.14. The van der Waals surface area contributed by atoms with Crippen LogP contribution < -0.4 is 0 Å². The van der Waals surface area contributed by atoms with Crippen molar-refractivity contribution in [2.45, 2.75) is 12.2 Å². The van der Waals surface area contributed by atoms with E-state index in [0.29, 0.717) is 0 Å². The second-order valence-corrected chi connectivity index (χ2v) is 6.06. The van der Waals surface area contributed by atoms with E-state index in [2.05, 4.69) is 0 Å². The number of halogens is 1. The fraction of sp³-hybridized carbons (Fsp3) is 0.333. The molecule has 1 aromatic heterocycles. The highest BCUT2D eigenvalue weighted by Gasteiger charge is 2.19. The van der Waals surface area contributed by atoms with Crippen LogP contribution in [0.25, 0.3) is 0 Å². The summed E-state index contributed by atoms with van der Waals surface area (Å²) in [6, 6.07) is 3.56. The Hall–Kier alpha value is -0.0600. The maximum absolute atomic E-state index is 10.8. The first-order valence-corrected chi connectivity index (χ1v) is 6.24. The van der Waals surface area contributed by atoms with Crippen molar-refractivity contribution in [2.24, 2.45) is 0 Å². The van der Waals surface area contributed by atoms with Crippen molar-refractivity contribution in [3.05, 3.63) is 22.4 Å². The molecule has 2 nitrogen and oxygen atoms in total. The number of hydrogen-bond donors (Lipinski definition) is 0. The molecule has 0 spiro atoms. The maximum Gasteiger partial charge on any atom is 0.240 e. The van der Waals surface area contributed by atoms with E-state index >= 15 is 0 Å². The van der Waals surface area contributed by atoms with E-state index < -0.39 is 14.3 Å². The Morgan fingerprint density at radius 3 is 2.64 bits per heavy atom. The van der Waals surface area contributed by atoms with Gasteiger partial charge in [-0.2, -0.15) is 0 Å². The van der Waals surface area contributed by atoms with Crippen LogP contribution in [0.2, 0.25) is 0 Å². The van der Waals surface area contributed by atoms with Gasteiger partial charge in [-0.15, -0.1) is 11.3 Å². The summed E-state index contributed by atoms with van der Waals surface area (Å²) in [5, 5.41) is 1.23. The second kappa shape index (κ2) is 3.13. The number of rotatable bonds is 2. The van der Waals surface area contributed by atoms with Gasteiger partial charge < -0.3 is 0 Å². The summed E-state index contributed by atoms with van der Waals surface area (Å²) in [4.78, 5) is 0.778. The monoisotopic (exact) mass is 210 g/mol. The standard InChI is InChI=1S/C6H7ClO2S2/c1-5(11(7,8)9)6-3-2-4-10-6/h2-5H,1H3. The van der Waals surface area contributed by atoms with Crippen molar-refractivity contribution in [2.75, 3.05) is 0 Å². The highest BCUT2D eigenvalue weighted by Crippen LogP contribution is 2.28. The van der Waals surface area contributed by atoms with Gasteiger partial charge in [-0.1, -0.05) is 6.07 Å². The Morgan fingerprint density at radius 2 is 2.27 bits per heavy atom. The molecule has 11 heavy (non-hydrogen) atoms. The minimum Gasteiger partial charge on any atom is -0.212 e. The largest absolute Gasteiger partial charge is 0.240 e. The lowest BCUT2D eigenvalue weighted by molar-refractivity contribution is 0.601. The van der Waals surface area contributed by atoms with Gasteiger partial charge in [0.2, 0.25) is 9.05 Å². The number of hydrogen-bond acceptors (Lipinski definition) is 3. The summed E-state index contributed by atoms with van der Waals surface area (Å²) in [7, 11) is 1.71. The van der Waals surface area contributed by atoms with Crippen LogP contribution in [0.5, 0.6) is 0 Å². The molecule has 0 amide bonds. The summed E-state index contributed by atoms with van der Waals surface area (Å²) < 4.78 is 21.6. The molecule has 1 aromatic rings. The van der Waals surface area contributed by atoms with Crippen LogP contribution in [0.1, 0.15) is 17.1 Å². The third-order valence-corrected chi connectivity index (χ3v) is 4.47. The third kappa shape index (κ3) is 2.18. The molecule has 0 aliphatic heterocycles. The van der Waals surface area contributed by atoms with E-state index in [1.165, 1.54) is 11.3 Å². The zero-order valence-electron chi connectivity index (χ0n) is 5.82. The van der Waals surface area contributed by atoms with Gasteiger partial charge in [-0.05, 0) is 18.4 Å². The Kier molecular flexibility index (Phi) is 2.57. The van der Waals surface area contributed by atoms with Crippen molar-refractivity contribution in [3.8, 4) is 0 Å². The molecule has 0 aromatic carbocycles. The van der Waals surface area contributed by atoms with Crippen molar-refractivity contribution in [1.82, 2.24) is 0 Å². The molecule has 1 rings (SSSR count). The Balaban J connectivity index is 2.97. The van der Waals surface area contributed by atoms with E-state index in [1.54, 1.807) is 19.1 Å². The van der Waals surface area contributed by atoms with Crippen LogP contribution in [0.3, 0.4) is 0 Å². The molecule has 0 saturated carbocycles. The molecular formula is C6H7ClO2S2. The van der Waals surface area contributed by atoms with Gasteiger partial charge in [0.25, 0.3) is 0 Å². The average molecular weight is 211 g/mol. The minimum absolute atomic E-state index is 0.593. The highest BCUT2D eigenvalue weighted by atomic mass is 35.7. The van der Waals surface area contributed by atoms with Gasteiger partial charge in [0, 0.05) is 15.6 Å². The van der Waals surface area contributed by atoms with Gasteiger partial charge in [0.1, 0.15) is 5.25 Å². The first-order chi connectivity index (χ1) is 5.02. The lowest BCUT2D eigenvalue weighted by Crippen LogP contribution is -1.99. The van der Waals surface area contributed by atoms with E-state index in [0.717, 1.165) is 4.88 Å². The molecule has 62 valence electrons. The summed E-state index contributed by atoms with van der Waals surface area (Å²) >= 11 is 1.39. The first kappa shape index (κ1) is 9.03. The lowest BCUT2D eigenvalue weighted by Gasteiger charge is -2.02. The fourth-order valence-corrected chi connectivity index (χ4v) is 2.67. The predicted octanol–water partition coefficient (Wildman–Crippen LogP) is 2.38. The van der Waals surface area contributed by atoms with E-state index in [9.17, 15) is 8.42 Å². The molecule has 1 heterocycles. The van der Waals surface area contributed by atoms with Gasteiger partial charge >= 0.3 is 0 Å². The first-order valence-electron chi connectivity index (χ1n) is 2.98. The number of thiophene rings is 1. The molecule has 1 unspecified atom stereocenters. The quantitative estimate of drug-likeness (QED) is 0.703. The van der Waals surface area contributed by atoms with E-state index in [-0.39, 0.29) is 0 Å². The van der Waals surface area contributed by atoms with Gasteiger partial charge in [0.05, 0.1) is 0 Å². The third-order valence-electron chi connectivity index (χ3n) is 1.37.